The molecule has 0 amide bonds. The normalized spacial score (nSPS) is 14.9. The predicted molar refractivity (Wildman–Crippen MR) is 70.2 cm³/mol. The maximum Gasteiger partial charge on any atom is 0.0130 e. The molecule has 2 unspecified atom stereocenters. The van der Waals surface area contributed by atoms with Crippen LogP contribution in [0, 0.1) is 5.92 Å². The molecular weight excluding hydrogens is 182 g/mol. The van der Waals surface area contributed by atoms with Crippen molar-refractivity contribution in [2.24, 2.45) is 5.92 Å². The first-order valence-corrected chi connectivity index (χ1v) is 6.64. The lowest BCUT2D eigenvalue weighted by atomic mass is 9.89. The van der Waals surface area contributed by atoms with Crippen molar-refractivity contribution in [3.05, 3.63) is 12.7 Å². The van der Waals surface area contributed by atoms with E-state index in [0.717, 1.165) is 18.9 Å². The van der Waals surface area contributed by atoms with E-state index in [0.29, 0.717) is 6.04 Å². The molecule has 0 aromatic rings. The molecule has 0 rings (SSSR count). The van der Waals surface area contributed by atoms with Crippen molar-refractivity contribution in [2.75, 3.05) is 6.54 Å². The molecule has 1 heteroatoms. The minimum absolute atomic E-state index is 0.652. The lowest BCUT2D eigenvalue weighted by Gasteiger charge is -2.26. The van der Waals surface area contributed by atoms with Crippen LogP contribution in [0.2, 0.25) is 0 Å². The fourth-order valence-corrected chi connectivity index (χ4v) is 2.11. The highest BCUT2D eigenvalue weighted by Gasteiger charge is 2.17. The van der Waals surface area contributed by atoms with Crippen LogP contribution in [0.15, 0.2) is 12.7 Å². The van der Waals surface area contributed by atoms with Crippen molar-refractivity contribution >= 4 is 0 Å². The summed E-state index contributed by atoms with van der Waals surface area (Å²) < 4.78 is 0. The van der Waals surface area contributed by atoms with Gasteiger partial charge in [-0.15, -0.1) is 6.58 Å². The topological polar surface area (TPSA) is 12.0 Å². The molecule has 0 aliphatic rings. The second kappa shape index (κ2) is 10.2. The van der Waals surface area contributed by atoms with Crippen LogP contribution in [0.3, 0.4) is 0 Å². The van der Waals surface area contributed by atoms with E-state index in [4.69, 9.17) is 0 Å². The third kappa shape index (κ3) is 6.72. The van der Waals surface area contributed by atoms with Gasteiger partial charge in [0, 0.05) is 6.04 Å². The summed E-state index contributed by atoms with van der Waals surface area (Å²) in [5, 5.41) is 3.66. The summed E-state index contributed by atoms with van der Waals surface area (Å²) >= 11 is 0. The van der Waals surface area contributed by atoms with Crippen LogP contribution in [0.4, 0.5) is 0 Å². The van der Waals surface area contributed by atoms with Crippen molar-refractivity contribution < 1.29 is 0 Å². The highest BCUT2D eigenvalue weighted by molar-refractivity contribution is 4.83. The zero-order valence-corrected chi connectivity index (χ0v) is 10.9. The fraction of sp³-hybridized carbons (Fsp3) is 0.857. The van der Waals surface area contributed by atoms with Gasteiger partial charge in [-0.25, -0.2) is 0 Å². The van der Waals surface area contributed by atoms with E-state index in [9.17, 15) is 0 Å². The van der Waals surface area contributed by atoms with Crippen LogP contribution in [0.5, 0.6) is 0 Å². The number of hydrogen-bond acceptors (Lipinski definition) is 1. The summed E-state index contributed by atoms with van der Waals surface area (Å²) in [6, 6.07) is 0.652. The van der Waals surface area contributed by atoms with Gasteiger partial charge in [-0.1, -0.05) is 46.1 Å². The van der Waals surface area contributed by atoms with Crippen molar-refractivity contribution in [1.82, 2.24) is 5.32 Å². The second-order valence-corrected chi connectivity index (χ2v) is 4.40. The Labute approximate surface area is 96.3 Å². The molecule has 1 N–H and O–H groups in total. The van der Waals surface area contributed by atoms with E-state index in [2.05, 4.69) is 38.7 Å². The molecule has 0 spiro atoms. The molecule has 0 saturated carbocycles. The van der Waals surface area contributed by atoms with Crippen molar-refractivity contribution in [1.29, 1.82) is 0 Å². The molecule has 0 aromatic carbocycles. The summed E-state index contributed by atoms with van der Waals surface area (Å²) in [6.07, 6.45) is 9.71. The second-order valence-electron chi connectivity index (χ2n) is 4.40. The molecule has 1 nitrogen and oxygen atoms in total. The lowest BCUT2D eigenvalue weighted by Crippen LogP contribution is -2.36. The smallest absolute Gasteiger partial charge is 0.0130 e. The Hall–Kier alpha value is -0.300. The van der Waals surface area contributed by atoms with Gasteiger partial charge >= 0.3 is 0 Å². The minimum Gasteiger partial charge on any atom is -0.313 e. The van der Waals surface area contributed by atoms with Crippen LogP contribution in [-0.4, -0.2) is 12.6 Å². The Balaban J connectivity index is 4.06. The van der Waals surface area contributed by atoms with Gasteiger partial charge in [0.15, 0.2) is 0 Å². The molecule has 0 radical (unpaired) electrons. The maximum absolute atomic E-state index is 3.87. The first-order chi connectivity index (χ1) is 7.29. The van der Waals surface area contributed by atoms with Gasteiger partial charge in [0.05, 0.1) is 0 Å². The standard InChI is InChI=1S/C14H29N/c1-5-9-11-13(8-4)14(10-6-2)15-12-7-3/h6,13-15H,2,5,7-12H2,1,3-4H3. The maximum atomic E-state index is 3.87. The van der Waals surface area contributed by atoms with Crippen LogP contribution in [0.25, 0.3) is 0 Å². The van der Waals surface area contributed by atoms with Gasteiger partial charge in [0.1, 0.15) is 0 Å². The SMILES string of the molecule is C=CCC(NCCC)C(CC)CCCC. The fourth-order valence-electron chi connectivity index (χ4n) is 2.11. The van der Waals surface area contributed by atoms with Crippen molar-refractivity contribution in [3.63, 3.8) is 0 Å². The summed E-state index contributed by atoms with van der Waals surface area (Å²) in [5.41, 5.74) is 0. The molecule has 0 aliphatic carbocycles. The van der Waals surface area contributed by atoms with E-state index in [1.54, 1.807) is 0 Å². The monoisotopic (exact) mass is 211 g/mol. The molecular formula is C14H29N. The molecule has 0 heterocycles. The molecule has 0 aromatic heterocycles. The van der Waals surface area contributed by atoms with E-state index in [1.807, 2.05) is 0 Å². The Bertz CT molecular complexity index is 142. The van der Waals surface area contributed by atoms with Crippen LogP contribution in [-0.2, 0) is 0 Å². The third-order valence-corrected chi connectivity index (χ3v) is 3.10. The molecule has 0 fully saturated rings. The quantitative estimate of drug-likeness (QED) is 0.535. The molecule has 0 bridgehead atoms. The predicted octanol–water partition coefficient (Wildman–Crippen LogP) is 4.15. The highest BCUT2D eigenvalue weighted by atomic mass is 14.9. The number of nitrogens with one attached hydrogen (secondary N) is 1. The average molecular weight is 211 g/mol. The number of rotatable bonds is 10. The van der Waals surface area contributed by atoms with Gasteiger partial charge in [-0.3, -0.25) is 0 Å². The molecule has 15 heavy (non-hydrogen) atoms. The van der Waals surface area contributed by atoms with E-state index in [-0.39, 0.29) is 0 Å². The van der Waals surface area contributed by atoms with E-state index in [1.165, 1.54) is 32.1 Å². The van der Waals surface area contributed by atoms with Crippen molar-refractivity contribution in [2.45, 2.75) is 65.3 Å². The van der Waals surface area contributed by atoms with Gasteiger partial charge in [0.2, 0.25) is 0 Å². The molecule has 2 atom stereocenters. The highest BCUT2D eigenvalue weighted by Crippen LogP contribution is 2.19. The van der Waals surface area contributed by atoms with Gasteiger partial charge in [-0.2, -0.15) is 0 Å². The molecule has 0 saturated heterocycles. The first-order valence-electron chi connectivity index (χ1n) is 6.64. The first kappa shape index (κ1) is 14.7. The Morgan fingerprint density at radius 2 is 1.93 bits per heavy atom. The van der Waals surface area contributed by atoms with Crippen LogP contribution in [0.1, 0.15) is 59.3 Å². The Morgan fingerprint density at radius 1 is 1.20 bits per heavy atom. The zero-order chi connectivity index (χ0) is 11.5. The molecule has 90 valence electrons. The van der Waals surface area contributed by atoms with Gasteiger partial charge < -0.3 is 5.32 Å². The summed E-state index contributed by atoms with van der Waals surface area (Å²) in [4.78, 5) is 0. The van der Waals surface area contributed by atoms with Gasteiger partial charge in [0.25, 0.3) is 0 Å². The van der Waals surface area contributed by atoms with E-state index < -0.39 is 0 Å². The third-order valence-electron chi connectivity index (χ3n) is 3.10. The number of hydrogen-bond donors (Lipinski definition) is 1. The number of unbranched alkanes of at least 4 members (excludes halogenated alkanes) is 1. The summed E-state index contributed by atoms with van der Waals surface area (Å²) in [5.74, 6) is 0.828. The summed E-state index contributed by atoms with van der Waals surface area (Å²) in [6.45, 7) is 11.8. The summed E-state index contributed by atoms with van der Waals surface area (Å²) in [7, 11) is 0. The van der Waals surface area contributed by atoms with E-state index >= 15 is 0 Å². The lowest BCUT2D eigenvalue weighted by molar-refractivity contribution is 0.319. The van der Waals surface area contributed by atoms with Gasteiger partial charge in [-0.05, 0) is 31.7 Å². The van der Waals surface area contributed by atoms with Crippen molar-refractivity contribution in [3.8, 4) is 0 Å². The Kier molecular flexibility index (Phi) is 10.0. The van der Waals surface area contributed by atoms with Crippen LogP contribution < -0.4 is 5.32 Å². The average Bonchev–Trinajstić information content (AvgIpc) is 2.26. The minimum atomic E-state index is 0.652. The Morgan fingerprint density at radius 3 is 2.40 bits per heavy atom. The zero-order valence-electron chi connectivity index (χ0n) is 10.9. The largest absolute Gasteiger partial charge is 0.313 e. The van der Waals surface area contributed by atoms with Crippen LogP contribution >= 0.6 is 0 Å². The molecule has 0 aliphatic heterocycles.